The molecule has 0 N–H and O–H groups in total. The van der Waals surface area contributed by atoms with E-state index in [2.05, 4.69) is 86.6 Å². The molecule has 37 heavy (non-hydrogen) atoms. The van der Waals surface area contributed by atoms with E-state index in [0.29, 0.717) is 26.4 Å². The lowest BCUT2D eigenvalue weighted by Gasteiger charge is -2.25. The number of nitrogens with zero attached hydrogens (tertiary/aromatic N) is 2. The second-order valence-electron chi connectivity index (χ2n) is 8.82. The normalized spacial score (nSPS) is 21.4. The molecule has 4 aromatic rings. The summed E-state index contributed by atoms with van der Waals surface area (Å²) in [5.74, 6) is 0. The highest BCUT2D eigenvalue weighted by Crippen LogP contribution is 2.37. The molecule has 2 heterocycles. The lowest BCUT2D eigenvalue weighted by molar-refractivity contribution is -0.0919. The Bertz CT molecular complexity index is 1240. The van der Waals surface area contributed by atoms with Gasteiger partial charge in [0.25, 0.3) is 0 Å². The summed E-state index contributed by atoms with van der Waals surface area (Å²) in [5, 5.41) is 0. The average Bonchev–Trinajstić information content (AvgIpc) is 3.46. The van der Waals surface area contributed by atoms with Crippen LogP contribution < -0.4 is 0 Å². The second-order valence-corrected chi connectivity index (χ2v) is 10.9. The number of imidazole rings is 1. The van der Waals surface area contributed by atoms with Crippen LogP contribution in [0.5, 0.6) is 0 Å². The quantitative estimate of drug-likeness (QED) is 0.169. The monoisotopic (exact) mass is 722 g/mol. The zero-order chi connectivity index (χ0) is 25.5. The third-order valence-electron chi connectivity index (χ3n) is 6.22. The Morgan fingerprint density at radius 3 is 1.73 bits per heavy atom. The van der Waals surface area contributed by atoms with Crippen LogP contribution in [0.2, 0.25) is 0 Å². The van der Waals surface area contributed by atoms with Crippen molar-refractivity contribution in [3.05, 3.63) is 121 Å². The fourth-order valence-electron chi connectivity index (χ4n) is 4.35. The van der Waals surface area contributed by atoms with Gasteiger partial charge in [0.1, 0.15) is 25.7 Å². The highest BCUT2D eigenvalue weighted by atomic mass is 127. The van der Waals surface area contributed by atoms with Crippen molar-refractivity contribution in [2.75, 3.05) is 6.61 Å². The number of halogens is 2. The highest BCUT2D eigenvalue weighted by molar-refractivity contribution is 14.1. The van der Waals surface area contributed by atoms with Gasteiger partial charge in [-0.15, -0.1) is 0 Å². The van der Waals surface area contributed by atoms with Crippen molar-refractivity contribution in [2.24, 2.45) is 0 Å². The van der Waals surface area contributed by atoms with Crippen molar-refractivity contribution in [1.82, 2.24) is 9.55 Å². The Hall–Kier alpha value is -1.83. The lowest BCUT2D eigenvalue weighted by Crippen LogP contribution is -2.38. The Morgan fingerprint density at radius 1 is 0.703 bits per heavy atom. The van der Waals surface area contributed by atoms with Crippen LogP contribution in [0.3, 0.4) is 0 Å². The fourth-order valence-corrected chi connectivity index (χ4v) is 5.29. The SMILES string of the molecule is Ic1ncn([C@@H]2O[C@H](COCc3ccccc3)[C@@H](OCc3ccccc3)[C@H]2OCc2ccccc2)c1I. The van der Waals surface area contributed by atoms with Gasteiger partial charge < -0.3 is 18.9 Å². The topological polar surface area (TPSA) is 54.7 Å². The highest BCUT2D eigenvalue weighted by Gasteiger charge is 2.48. The van der Waals surface area contributed by atoms with E-state index in [1.165, 1.54) is 0 Å². The molecule has 0 aliphatic carbocycles. The molecule has 1 saturated heterocycles. The first-order valence-electron chi connectivity index (χ1n) is 12.1. The van der Waals surface area contributed by atoms with E-state index < -0.39 is 6.23 Å². The number of ether oxygens (including phenoxy) is 4. The van der Waals surface area contributed by atoms with Gasteiger partial charge >= 0.3 is 0 Å². The molecule has 1 aliphatic heterocycles. The molecule has 1 fully saturated rings. The maximum Gasteiger partial charge on any atom is 0.165 e. The summed E-state index contributed by atoms with van der Waals surface area (Å²) in [7, 11) is 0. The van der Waals surface area contributed by atoms with Gasteiger partial charge in [-0.1, -0.05) is 91.0 Å². The number of hydrogen-bond donors (Lipinski definition) is 0. The molecule has 8 heteroatoms. The molecule has 0 saturated carbocycles. The van der Waals surface area contributed by atoms with E-state index >= 15 is 0 Å². The molecule has 3 aromatic carbocycles. The smallest absolute Gasteiger partial charge is 0.165 e. The number of aromatic nitrogens is 2. The van der Waals surface area contributed by atoms with Crippen LogP contribution in [0.15, 0.2) is 97.3 Å². The number of hydrogen-bond acceptors (Lipinski definition) is 5. The standard InChI is InChI=1S/C29H28I2N2O4/c30-27-28(31)33(20-32-27)29-26(36-18-23-14-8-3-9-15-23)25(35-17-22-12-6-2-7-13-22)24(37-29)19-34-16-21-10-4-1-5-11-21/h1-15,20,24-26,29H,16-19H2/t24-,25-,26-,29-/m1/s1. The van der Waals surface area contributed by atoms with Crippen LogP contribution in [-0.2, 0) is 38.8 Å². The maximum absolute atomic E-state index is 6.62. The molecule has 5 rings (SSSR count). The van der Waals surface area contributed by atoms with E-state index in [-0.39, 0.29) is 18.3 Å². The van der Waals surface area contributed by atoms with Gasteiger partial charge in [0.15, 0.2) is 6.23 Å². The lowest BCUT2D eigenvalue weighted by atomic mass is 10.1. The maximum atomic E-state index is 6.62. The van der Waals surface area contributed by atoms with Crippen molar-refractivity contribution in [3.63, 3.8) is 0 Å². The minimum Gasteiger partial charge on any atom is -0.374 e. The van der Waals surface area contributed by atoms with Gasteiger partial charge in [-0.25, -0.2) is 4.98 Å². The second kappa shape index (κ2) is 13.3. The van der Waals surface area contributed by atoms with E-state index in [0.717, 1.165) is 24.1 Å². The largest absolute Gasteiger partial charge is 0.374 e. The van der Waals surface area contributed by atoms with Crippen LogP contribution in [-0.4, -0.2) is 34.5 Å². The summed E-state index contributed by atoms with van der Waals surface area (Å²) in [4.78, 5) is 4.49. The van der Waals surface area contributed by atoms with Gasteiger partial charge in [-0.05, 0) is 61.9 Å². The summed E-state index contributed by atoms with van der Waals surface area (Å²) in [5.41, 5.74) is 3.32. The first-order valence-corrected chi connectivity index (χ1v) is 14.3. The Morgan fingerprint density at radius 2 is 1.22 bits per heavy atom. The van der Waals surface area contributed by atoms with Crippen LogP contribution >= 0.6 is 45.2 Å². The first-order chi connectivity index (χ1) is 18.2. The summed E-state index contributed by atoms with van der Waals surface area (Å²) < 4.78 is 29.8. The molecule has 0 bridgehead atoms. The summed E-state index contributed by atoms with van der Waals surface area (Å²) in [6.07, 6.45) is 0.425. The summed E-state index contributed by atoms with van der Waals surface area (Å²) >= 11 is 4.55. The average molecular weight is 722 g/mol. The molecule has 1 aromatic heterocycles. The predicted molar refractivity (Wildman–Crippen MR) is 158 cm³/mol. The molecule has 4 atom stereocenters. The molecule has 1 aliphatic rings. The molecule has 0 amide bonds. The minimum atomic E-state index is -0.391. The van der Waals surface area contributed by atoms with Crippen molar-refractivity contribution < 1.29 is 18.9 Å². The number of rotatable bonds is 11. The molecule has 0 unspecified atom stereocenters. The van der Waals surface area contributed by atoms with Gasteiger partial charge in [-0.2, -0.15) is 0 Å². The Balaban J connectivity index is 1.38. The van der Waals surface area contributed by atoms with Gasteiger partial charge in [0.2, 0.25) is 0 Å². The minimum absolute atomic E-state index is 0.311. The molecule has 0 radical (unpaired) electrons. The third kappa shape index (κ3) is 6.98. The predicted octanol–water partition coefficient (Wildman–Crippen LogP) is 6.38. The van der Waals surface area contributed by atoms with Crippen molar-refractivity contribution in [2.45, 2.75) is 44.4 Å². The zero-order valence-electron chi connectivity index (χ0n) is 20.2. The fraction of sp³-hybridized carbons (Fsp3) is 0.276. The summed E-state index contributed by atoms with van der Waals surface area (Å²) in [6, 6.07) is 30.5. The molecule has 192 valence electrons. The van der Waals surface area contributed by atoms with Gasteiger partial charge in [-0.3, -0.25) is 4.57 Å². The van der Waals surface area contributed by atoms with E-state index in [1.807, 2.05) is 65.5 Å². The van der Waals surface area contributed by atoms with Crippen molar-refractivity contribution in [1.29, 1.82) is 0 Å². The molecular weight excluding hydrogens is 694 g/mol. The van der Waals surface area contributed by atoms with E-state index in [1.54, 1.807) is 0 Å². The van der Waals surface area contributed by atoms with Crippen LogP contribution in [0.1, 0.15) is 22.9 Å². The van der Waals surface area contributed by atoms with Crippen LogP contribution in [0, 0.1) is 7.40 Å². The molecular formula is C29H28I2N2O4. The van der Waals surface area contributed by atoms with Gasteiger partial charge in [0, 0.05) is 0 Å². The van der Waals surface area contributed by atoms with Crippen LogP contribution in [0.4, 0.5) is 0 Å². The Kier molecular flexibility index (Phi) is 9.62. The zero-order valence-corrected chi connectivity index (χ0v) is 24.5. The molecule has 6 nitrogen and oxygen atoms in total. The van der Waals surface area contributed by atoms with Gasteiger partial charge in [0.05, 0.1) is 32.8 Å². The van der Waals surface area contributed by atoms with E-state index in [4.69, 9.17) is 18.9 Å². The molecule has 0 spiro atoms. The van der Waals surface area contributed by atoms with Crippen molar-refractivity contribution in [3.8, 4) is 0 Å². The van der Waals surface area contributed by atoms with E-state index in [9.17, 15) is 0 Å². The summed E-state index contributed by atoms with van der Waals surface area (Å²) in [6.45, 7) is 1.81. The van der Waals surface area contributed by atoms with Crippen molar-refractivity contribution >= 4 is 45.2 Å². The first kappa shape index (κ1) is 26.8. The Labute approximate surface area is 244 Å². The van der Waals surface area contributed by atoms with Crippen LogP contribution in [0.25, 0.3) is 0 Å². The number of benzene rings is 3. The third-order valence-corrected chi connectivity index (χ3v) is 9.11.